The number of amides is 3. The molecule has 0 aliphatic carbocycles. The molecule has 19 heavy (non-hydrogen) atoms. The van der Waals surface area contributed by atoms with Crippen LogP contribution in [0.15, 0.2) is 6.07 Å². The van der Waals surface area contributed by atoms with Crippen LogP contribution in [0.5, 0.6) is 11.5 Å². The molecule has 0 saturated carbocycles. The van der Waals surface area contributed by atoms with Gasteiger partial charge in [-0.15, -0.1) is 0 Å². The molecule has 0 aromatic heterocycles. The highest BCUT2D eigenvalue weighted by Crippen LogP contribution is 2.41. The van der Waals surface area contributed by atoms with Crippen LogP contribution in [0.3, 0.4) is 0 Å². The van der Waals surface area contributed by atoms with Crippen LogP contribution in [0.1, 0.15) is 34.6 Å². The minimum Gasteiger partial charge on any atom is -0.507 e. The number of hydrogen-bond acceptors (Lipinski definition) is 5. The molecular weight excluding hydrogens is 252 g/mol. The maximum absolute atomic E-state index is 12.1. The summed E-state index contributed by atoms with van der Waals surface area (Å²) in [5.74, 6) is -2.76. The fraction of sp³-hybridized carbons (Fsp3) is 0.250. The first kappa shape index (κ1) is 12.9. The molecule has 0 atom stereocenters. The number of phenolic OH excluding ortho intramolecular Hbond substituents is 2. The first-order valence-corrected chi connectivity index (χ1v) is 5.61. The Balaban J connectivity index is 2.72. The molecule has 0 spiro atoms. The summed E-state index contributed by atoms with van der Waals surface area (Å²) in [4.78, 5) is 36.1. The molecule has 2 rings (SSSR count). The van der Waals surface area contributed by atoms with Gasteiger partial charge in [-0.2, -0.15) is 0 Å². The number of phenols is 2. The lowest BCUT2D eigenvalue weighted by molar-refractivity contribution is -0.114. The highest BCUT2D eigenvalue weighted by atomic mass is 16.3. The number of rotatable bonds is 2. The molecule has 1 aliphatic heterocycles. The molecule has 0 fully saturated rings. The van der Waals surface area contributed by atoms with E-state index < -0.39 is 29.2 Å². The number of hydrogen-bond donors (Lipinski definition) is 3. The van der Waals surface area contributed by atoms with Crippen LogP contribution in [-0.2, 0) is 4.79 Å². The van der Waals surface area contributed by atoms with Crippen LogP contribution in [0, 0.1) is 0 Å². The number of carbonyl (C=O) groups excluding carboxylic acids is 3. The van der Waals surface area contributed by atoms with Gasteiger partial charge >= 0.3 is 0 Å². The second-order valence-electron chi connectivity index (χ2n) is 4.08. The first-order chi connectivity index (χ1) is 8.88. The zero-order valence-corrected chi connectivity index (χ0v) is 10.4. The van der Waals surface area contributed by atoms with Gasteiger partial charge in [0.1, 0.15) is 11.5 Å². The lowest BCUT2D eigenvalue weighted by Crippen LogP contribution is -2.29. The molecule has 3 amide bonds. The van der Waals surface area contributed by atoms with E-state index in [0.29, 0.717) is 0 Å². The van der Waals surface area contributed by atoms with Gasteiger partial charge in [0.15, 0.2) is 0 Å². The van der Waals surface area contributed by atoms with Crippen molar-refractivity contribution in [3.05, 3.63) is 17.2 Å². The summed E-state index contributed by atoms with van der Waals surface area (Å²) in [5.41, 5.74) is -0.539. The number of nitrogens with zero attached hydrogens (tertiary/aromatic N) is 1. The molecule has 1 heterocycles. The lowest BCUT2D eigenvalue weighted by Gasteiger charge is -2.10. The zero-order valence-electron chi connectivity index (χ0n) is 10.4. The molecule has 1 aromatic carbocycles. The predicted molar refractivity (Wildman–Crippen MR) is 65.1 cm³/mol. The highest BCUT2D eigenvalue weighted by molar-refractivity contribution is 6.26. The van der Waals surface area contributed by atoms with Crippen molar-refractivity contribution in [1.82, 2.24) is 4.90 Å². The number of carbonyl (C=O) groups is 3. The second-order valence-corrected chi connectivity index (χ2v) is 4.08. The van der Waals surface area contributed by atoms with Gasteiger partial charge in [-0.3, -0.25) is 19.3 Å². The van der Waals surface area contributed by atoms with Gasteiger partial charge in [0.2, 0.25) is 5.91 Å². The van der Waals surface area contributed by atoms with Crippen molar-refractivity contribution < 1.29 is 24.6 Å². The third kappa shape index (κ3) is 1.79. The minimum atomic E-state index is -0.655. The lowest BCUT2D eigenvalue weighted by atomic mass is 10.1. The molecule has 1 aliphatic rings. The number of aromatic hydroxyl groups is 2. The molecule has 0 bridgehead atoms. The maximum Gasteiger partial charge on any atom is 0.265 e. The summed E-state index contributed by atoms with van der Waals surface area (Å²) in [7, 11) is 0. The average molecular weight is 264 g/mol. The Morgan fingerprint density at radius 1 is 1.21 bits per heavy atom. The Kier molecular flexibility index (Phi) is 2.89. The van der Waals surface area contributed by atoms with Crippen molar-refractivity contribution in [3.8, 4) is 11.5 Å². The van der Waals surface area contributed by atoms with Crippen molar-refractivity contribution in [3.63, 3.8) is 0 Å². The van der Waals surface area contributed by atoms with E-state index in [-0.39, 0.29) is 23.4 Å². The van der Waals surface area contributed by atoms with Crippen LogP contribution >= 0.6 is 0 Å². The number of fused-ring (bicyclic) bond motifs is 1. The summed E-state index contributed by atoms with van der Waals surface area (Å²) < 4.78 is 0. The van der Waals surface area contributed by atoms with Gasteiger partial charge in [0, 0.05) is 19.5 Å². The summed E-state index contributed by atoms with van der Waals surface area (Å²) in [6.45, 7) is 2.94. The van der Waals surface area contributed by atoms with E-state index in [9.17, 15) is 24.6 Å². The summed E-state index contributed by atoms with van der Waals surface area (Å²) in [6, 6.07) is 0.925. The van der Waals surface area contributed by atoms with Gasteiger partial charge in [-0.05, 0) is 6.92 Å². The van der Waals surface area contributed by atoms with E-state index in [4.69, 9.17) is 0 Å². The standard InChI is InChI=1S/C12H12N2O5/c1-3-14-11(18)8-6(16)4-7(17)10(13-5(2)15)9(8)12(14)19/h4,16-17H,3H2,1-2H3,(H,13,15). The normalized spacial score (nSPS) is 13.7. The third-order valence-electron chi connectivity index (χ3n) is 2.82. The van der Waals surface area contributed by atoms with Crippen LogP contribution in [0.2, 0.25) is 0 Å². The monoisotopic (exact) mass is 264 g/mol. The number of anilines is 1. The van der Waals surface area contributed by atoms with Gasteiger partial charge in [0.05, 0.1) is 16.8 Å². The molecule has 3 N–H and O–H groups in total. The van der Waals surface area contributed by atoms with E-state index in [0.717, 1.165) is 11.0 Å². The fourth-order valence-electron chi connectivity index (χ4n) is 2.04. The van der Waals surface area contributed by atoms with Crippen LogP contribution in [0.4, 0.5) is 5.69 Å². The Morgan fingerprint density at radius 2 is 1.79 bits per heavy atom. The maximum atomic E-state index is 12.1. The number of nitrogens with one attached hydrogen (secondary N) is 1. The predicted octanol–water partition coefficient (Wildman–Crippen LogP) is 0.672. The molecule has 1 aromatic rings. The van der Waals surface area contributed by atoms with Gasteiger partial charge in [0.25, 0.3) is 11.8 Å². The molecule has 0 radical (unpaired) electrons. The second kappa shape index (κ2) is 4.27. The van der Waals surface area contributed by atoms with E-state index in [1.165, 1.54) is 6.92 Å². The highest BCUT2D eigenvalue weighted by Gasteiger charge is 2.40. The van der Waals surface area contributed by atoms with Gasteiger partial charge in [-0.1, -0.05) is 0 Å². The van der Waals surface area contributed by atoms with Crippen molar-refractivity contribution in [2.75, 3.05) is 11.9 Å². The Morgan fingerprint density at radius 3 is 2.32 bits per heavy atom. The van der Waals surface area contributed by atoms with E-state index in [2.05, 4.69) is 5.32 Å². The largest absolute Gasteiger partial charge is 0.507 e. The SMILES string of the molecule is CCN1C(=O)c2c(O)cc(O)c(NC(C)=O)c2C1=O. The van der Waals surface area contributed by atoms with Crippen molar-refractivity contribution in [2.45, 2.75) is 13.8 Å². The number of benzene rings is 1. The average Bonchev–Trinajstić information content (AvgIpc) is 2.56. The smallest absolute Gasteiger partial charge is 0.265 e. The van der Waals surface area contributed by atoms with Gasteiger partial charge < -0.3 is 15.5 Å². The molecular formula is C12H12N2O5. The van der Waals surface area contributed by atoms with Crippen LogP contribution in [0.25, 0.3) is 0 Å². The Labute approximate surface area is 108 Å². The van der Waals surface area contributed by atoms with Gasteiger partial charge in [-0.25, -0.2) is 0 Å². The molecule has 100 valence electrons. The van der Waals surface area contributed by atoms with Crippen molar-refractivity contribution in [1.29, 1.82) is 0 Å². The van der Waals surface area contributed by atoms with E-state index in [1.807, 2.05) is 0 Å². The Hall–Kier alpha value is -2.57. The molecule has 0 unspecified atom stereocenters. The first-order valence-electron chi connectivity index (χ1n) is 5.61. The molecule has 7 heteroatoms. The fourth-order valence-corrected chi connectivity index (χ4v) is 2.04. The third-order valence-corrected chi connectivity index (χ3v) is 2.82. The molecule has 0 saturated heterocycles. The summed E-state index contributed by atoms with van der Waals surface area (Å²) in [6.07, 6.45) is 0. The van der Waals surface area contributed by atoms with Crippen LogP contribution < -0.4 is 5.32 Å². The minimum absolute atomic E-state index is 0.131. The van der Waals surface area contributed by atoms with E-state index in [1.54, 1.807) is 6.92 Å². The quantitative estimate of drug-likeness (QED) is 0.413. The van der Waals surface area contributed by atoms with Crippen molar-refractivity contribution >= 4 is 23.4 Å². The van der Waals surface area contributed by atoms with Crippen molar-refractivity contribution in [2.24, 2.45) is 0 Å². The number of imide groups is 1. The Bertz CT molecular complexity index is 609. The topological polar surface area (TPSA) is 107 Å². The summed E-state index contributed by atoms with van der Waals surface area (Å²) >= 11 is 0. The van der Waals surface area contributed by atoms with E-state index >= 15 is 0 Å². The van der Waals surface area contributed by atoms with Crippen LogP contribution in [-0.4, -0.2) is 39.4 Å². The summed E-state index contributed by atoms with van der Waals surface area (Å²) in [5, 5.41) is 21.7. The molecule has 7 nitrogen and oxygen atoms in total. The zero-order chi connectivity index (χ0) is 14.3.